The molecule has 0 saturated carbocycles. The maximum absolute atomic E-state index is 10.7. The van der Waals surface area contributed by atoms with E-state index >= 15 is 0 Å². The highest BCUT2D eigenvalue weighted by Gasteiger charge is 2.15. The second-order valence-corrected chi connectivity index (χ2v) is 4.97. The molecule has 0 aliphatic heterocycles. The summed E-state index contributed by atoms with van der Waals surface area (Å²) in [5.41, 5.74) is 0.0228. The van der Waals surface area contributed by atoms with Gasteiger partial charge in [-0.15, -0.1) is 11.6 Å². The van der Waals surface area contributed by atoms with E-state index in [1.54, 1.807) is 12.1 Å². The van der Waals surface area contributed by atoms with Crippen molar-refractivity contribution in [3.8, 4) is 5.75 Å². The monoisotopic (exact) mass is 335 g/mol. The van der Waals surface area contributed by atoms with Gasteiger partial charge < -0.3 is 4.74 Å². The van der Waals surface area contributed by atoms with Crippen molar-refractivity contribution in [3.63, 3.8) is 0 Å². The molecule has 0 aliphatic rings. The first kappa shape index (κ1) is 15.2. The molecule has 100 valence electrons. The molecule has 4 nitrogen and oxygen atoms in total. The van der Waals surface area contributed by atoms with Crippen molar-refractivity contribution in [1.29, 1.82) is 0 Å². The van der Waals surface area contributed by atoms with Crippen LogP contribution in [0.25, 0.3) is 0 Å². The Hall–Kier alpha value is -0.810. The summed E-state index contributed by atoms with van der Waals surface area (Å²) in [6.07, 6.45) is 4.08. The molecule has 1 aromatic carbocycles. The standard InChI is InChI=1S/C12H15BrClNO3/c13-12-10(15(16)17)6-5-7-11(12)18-9-4-2-1-3-8-14/h5-7H,1-4,8-9H2. The largest absolute Gasteiger partial charge is 0.492 e. The van der Waals surface area contributed by atoms with Crippen LogP contribution in [0.1, 0.15) is 25.7 Å². The van der Waals surface area contributed by atoms with Crippen LogP contribution in [-0.2, 0) is 0 Å². The van der Waals surface area contributed by atoms with Crippen molar-refractivity contribution >= 4 is 33.2 Å². The maximum Gasteiger partial charge on any atom is 0.287 e. The third-order valence-corrected chi connectivity index (χ3v) is 3.49. The molecule has 0 unspecified atom stereocenters. The van der Waals surface area contributed by atoms with E-state index in [1.165, 1.54) is 6.07 Å². The lowest BCUT2D eigenvalue weighted by Crippen LogP contribution is -1.99. The Labute approximate surface area is 120 Å². The lowest BCUT2D eigenvalue weighted by atomic mass is 10.2. The zero-order valence-electron chi connectivity index (χ0n) is 9.90. The van der Waals surface area contributed by atoms with E-state index in [0.717, 1.165) is 25.7 Å². The number of ether oxygens (including phenoxy) is 1. The molecule has 0 spiro atoms. The van der Waals surface area contributed by atoms with Crippen LogP contribution in [0, 0.1) is 10.1 Å². The first-order valence-corrected chi connectivity index (χ1v) is 7.11. The van der Waals surface area contributed by atoms with E-state index in [0.29, 0.717) is 22.7 Å². The van der Waals surface area contributed by atoms with Gasteiger partial charge in [-0.25, -0.2) is 0 Å². The van der Waals surface area contributed by atoms with Crippen LogP contribution >= 0.6 is 27.5 Å². The zero-order chi connectivity index (χ0) is 13.4. The predicted molar refractivity (Wildman–Crippen MR) is 75.5 cm³/mol. The van der Waals surface area contributed by atoms with Gasteiger partial charge in [0.2, 0.25) is 0 Å². The normalized spacial score (nSPS) is 10.3. The summed E-state index contributed by atoms with van der Waals surface area (Å²) in [7, 11) is 0. The van der Waals surface area contributed by atoms with Gasteiger partial charge in [-0.1, -0.05) is 18.9 Å². The quantitative estimate of drug-likeness (QED) is 0.303. The number of nitro benzene ring substituents is 1. The molecule has 0 aromatic heterocycles. The predicted octanol–water partition coefficient (Wildman–Crippen LogP) is 4.54. The van der Waals surface area contributed by atoms with Gasteiger partial charge in [0.25, 0.3) is 5.69 Å². The van der Waals surface area contributed by atoms with Crippen LogP contribution in [0.2, 0.25) is 0 Å². The Morgan fingerprint density at radius 1 is 1.28 bits per heavy atom. The van der Waals surface area contributed by atoms with Gasteiger partial charge >= 0.3 is 0 Å². The second kappa shape index (κ2) is 8.32. The minimum Gasteiger partial charge on any atom is -0.492 e. The van der Waals surface area contributed by atoms with E-state index in [2.05, 4.69) is 15.9 Å². The summed E-state index contributed by atoms with van der Waals surface area (Å²) >= 11 is 8.77. The van der Waals surface area contributed by atoms with Gasteiger partial charge in [0.1, 0.15) is 10.2 Å². The SMILES string of the molecule is O=[N+]([O-])c1cccc(OCCCCCCCl)c1Br. The number of rotatable bonds is 8. The Kier molecular flexibility index (Phi) is 7.05. The molecule has 0 amide bonds. The van der Waals surface area contributed by atoms with Crippen LogP contribution in [0.15, 0.2) is 22.7 Å². The highest BCUT2D eigenvalue weighted by atomic mass is 79.9. The van der Waals surface area contributed by atoms with Crippen molar-refractivity contribution in [2.75, 3.05) is 12.5 Å². The Morgan fingerprint density at radius 3 is 2.67 bits per heavy atom. The summed E-state index contributed by atoms with van der Waals surface area (Å²) in [5, 5.41) is 10.7. The molecule has 0 atom stereocenters. The van der Waals surface area contributed by atoms with Crippen molar-refractivity contribution in [1.82, 2.24) is 0 Å². The summed E-state index contributed by atoms with van der Waals surface area (Å²) in [5.74, 6) is 1.21. The zero-order valence-corrected chi connectivity index (χ0v) is 12.2. The van der Waals surface area contributed by atoms with E-state index in [9.17, 15) is 10.1 Å². The molecule has 0 radical (unpaired) electrons. The number of nitrogens with zero attached hydrogens (tertiary/aromatic N) is 1. The van der Waals surface area contributed by atoms with Gasteiger partial charge in [0.05, 0.1) is 11.5 Å². The molecule has 18 heavy (non-hydrogen) atoms. The third-order valence-electron chi connectivity index (χ3n) is 2.43. The molecular formula is C12H15BrClNO3. The van der Waals surface area contributed by atoms with Crippen LogP contribution in [0.4, 0.5) is 5.69 Å². The third kappa shape index (κ3) is 4.82. The molecule has 1 rings (SSSR count). The molecule has 6 heteroatoms. The van der Waals surface area contributed by atoms with E-state index in [1.807, 2.05) is 0 Å². The van der Waals surface area contributed by atoms with Crippen molar-refractivity contribution in [3.05, 3.63) is 32.8 Å². The summed E-state index contributed by atoms with van der Waals surface area (Å²) in [4.78, 5) is 10.3. The summed E-state index contributed by atoms with van der Waals surface area (Å²) in [6.45, 7) is 0.558. The topological polar surface area (TPSA) is 52.4 Å². The fraction of sp³-hybridized carbons (Fsp3) is 0.500. The fourth-order valence-corrected chi connectivity index (χ4v) is 2.20. The van der Waals surface area contributed by atoms with E-state index in [-0.39, 0.29) is 5.69 Å². The van der Waals surface area contributed by atoms with Crippen molar-refractivity contribution < 1.29 is 9.66 Å². The number of alkyl halides is 1. The lowest BCUT2D eigenvalue weighted by molar-refractivity contribution is -0.385. The number of hydrogen-bond acceptors (Lipinski definition) is 3. The van der Waals surface area contributed by atoms with Gasteiger partial charge in [0.15, 0.2) is 0 Å². The molecule has 0 saturated heterocycles. The highest BCUT2D eigenvalue weighted by molar-refractivity contribution is 9.10. The van der Waals surface area contributed by atoms with Crippen LogP contribution in [0.3, 0.4) is 0 Å². The number of unbranched alkanes of at least 4 members (excludes halogenated alkanes) is 3. The first-order valence-electron chi connectivity index (χ1n) is 5.78. The average Bonchev–Trinajstić information content (AvgIpc) is 2.35. The molecule has 0 heterocycles. The first-order chi connectivity index (χ1) is 8.66. The van der Waals surface area contributed by atoms with Crippen LogP contribution in [0.5, 0.6) is 5.75 Å². The van der Waals surface area contributed by atoms with Gasteiger partial charge in [-0.05, 0) is 34.8 Å². The lowest BCUT2D eigenvalue weighted by Gasteiger charge is -2.07. The van der Waals surface area contributed by atoms with Crippen LogP contribution < -0.4 is 4.74 Å². The van der Waals surface area contributed by atoms with Crippen LogP contribution in [-0.4, -0.2) is 17.4 Å². The summed E-state index contributed by atoms with van der Waals surface area (Å²) < 4.78 is 5.92. The molecule has 0 N–H and O–H groups in total. The second-order valence-electron chi connectivity index (χ2n) is 3.80. The number of benzene rings is 1. The van der Waals surface area contributed by atoms with Gasteiger partial charge in [-0.2, -0.15) is 0 Å². The number of hydrogen-bond donors (Lipinski definition) is 0. The number of nitro groups is 1. The van der Waals surface area contributed by atoms with E-state index in [4.69, 9.17) is 16.3 Å². The Bertz CT molecular complexity index is 401. The molecule has 0 fully saturated rings. The minimum atomic E-state index is -0.433. The molecule has 0 bridgehead atoms. The molecule has 1 aromatic rings. The molecular weight excluding hydrogens is 321 g/mol. The van der Waals surface area contributed by atoms with E-state index < -0.39 is 4.92 Å². The van der Waals surface area contributed by atoms with Crippen molar-refractivity contribution in [2.45, 2.75) is 25.7 Å². The smallest absolute Gasteiger partial charge is 0.287 e. The highest BCUT2D eigenvalue weighted by Crippen LogP contribution is 2.33. The summed E-state index contributed by atoms with van der Waals surface area (Å²) in [6, 6.07) is 4.78. The minimum absolute atomic E-state index is 0.0228. The van der Waals surface area contributed by atoms with Gasteiger partial charge in [0, 0.05) is 11.9 Å². The fourth-order valence-electron chi connectivity index (χ4n) is 1.48. The van der Waals surface area contributed by atoms with Gasteiger partial charge in [-0.3, -0.25) is 10.1 Å². The average molecular weight is 337 g/mol. The molecule has 0 aliphatic carbocycles. The van der Waals surface area contributed by atoms with Crippen molar-refractivity contribution in [2.24, 2.45) is 0 Å². The number of halogens is 2. The Morgan fingerprint density at radius 2 is 2.00 bits per heavy atom. The Balaban J connectivity index is 2.43. The maximum atomic E-state index is 10.7.